The molecular weight excluding hydrogens is 211 g/mol. The maximum absolute atomic E-state index is 11.8. The van der Waals surface area contributed by atoms with Gasteiger partial charge in [0.1, 0.15) is 0 Å². The lowest BCUT2D eigenvalue weighted by Crippen LogP contribution is -2.33. The maximum Gasteiger partial charge on any atom is 0.441 e. The predicted octanol–water partition coefficient (Wildman–Crippen LogP) is 3.15. The van der Waals surface area contributed by atoms with Crippen LogP contribution in [0.4, 0.5) is 13.2 Å². The van der Waals surface area contributed by atoms with Gasteiger partial charge in [-0.25, -0.2) is 0 Å². The average Bonchev–Trinajstić information content (AvgIpc) is 2.06. The Balaban J connectivity index is 2.17. The van der Waals surface area contributed by atoms with Crippen LogP contribution < -0.4 is 5.73 Å². The van der Waals surface area contributed by atoms with Crippen LogP contribution in [0, 0.1) is 5.92 Å². The summed E-state index contributed by atoms with van der Waals surface area (Å²) in [6, 6.07) is 0.123. The molecule has 0 amide bonds. The first-order valence-corrected chi connectivity index (χ1v) is 5.94. The number of hydrogen-bond acceptors (Lipinski definition) is 2. The van der Waals surface area contributed by atoms with E-state index in [0.29, 0.717) is 12.3 Å². The van der Waals surface area contributed by atoms with Crippen molar-refractivity contribution in [1.82, 2.24) is 0 Å². The van der Waals surface area contributed by atoms with Crippen molar-refractivity contribution in [2.24, 2.45) is 11.7 Å². The van der Waals surface area contributed by atoms with Gasteiger partial charge in [0.25, 0.3) is 0 Å². The molecule has 1 saturated carbocycles. The molecule has 0 aromatic carbocycles. The second kappa shape index (κ2) is 5.26. The van der Waals surface area contributed by atoms with Gasteiger partial charge in [-0.05, 0) is 25.2 Å². The predicted molar refractivity (Wildman–Crippen MR) is 53.1 cm³/mol. The zero-order valence-corrected chi connectivity index (χ0v) is 8.83. The minimum Gasteiger partial charge on any atom is -0.327 e. The molecule has 84 valence electrons. The van der Waals surface area contributed by atoms with Crippen LogP contribution in [-0.2, 0) is 0 Å². The Kier molecular flexibility index (Phi) is 4.57. The lowest BCUT2D eigenvalue weighted by atomic mass is 9.83. The summed E-state index contributed by atoms with van der Waals surface area (Å²) in [7, 11) is 0. The van der Waals surface area contributed by atoms with E-state index in [2.05, 4.69) is 0 Å². The highest BCUT2D eigenvalue weighted by Crippen LogP contribution is 2.33. The third-order valence-electron chi connectivity index (χ3n) is 2.72. The van der Waals surface area contributed by atoms with Crippen molar-refractivity contribution in [3.8, 4) is 0 Å². The van der Waals surface area contributed by atoms with Crippen LogP contribution in [0.3, 0.4) is 0 Å². The number of rotatable bonds is 3. The first-order chi connectivity index (χ1) is 6.49. The van der Waals surface area contributed by atoms with Crippen molar-refractivity contribution in [3.63, 3.8) is 0 Å². The molecule has 0 saturated heterocycles. The zero-order chi connectivity index (χ0) is 10.6. The minimum absolute atomic E-state index is 0.0737. The SMILES string of the molecule is NC1CCCCC1CCSC(F)(F)F. The summed E-state index contributed by atoms with van der Waals surface area (Å²) < 4.78 is 35.5. The minimum atomic E-state index is -4.08. The van der Waals surface area contributed by atoms with Crippen molar-refractivity contribution in [1.29, 1.82) is 0 Å². The third kappa shape index (κ3) is 4.55. The molecule has 14 heavy (non-hydrogen) atoms. The van der Waals surface area contributed by atoms with Crippen molar-refractivity contribution in [2.45, 2.75) is 43.7 Å². The van der Waals surface area contributed by atoms with E-state index < -0.39 is 5.51 Å². The molecular formula is C9H16F3NS. The molecule has 5 heteroatoms. The summed E-state index contributed by atoms with van der Waals surface area (Å²) in [4.78, 5) is 0. The quantitative estimate of drug-likeness (QED) is 0.801. The van der Waals surface area contributed by atoms with Gasteiger partial charge in [0.05, 0.1) is 0 Å². The van der Waals surface area contributed by atoms with Crippen LogP contribution in [0.25, 0.3) is 0 Å². The van der Waals surface area contributed by atoms with Crippen molar-refractivity contribution in [2.75, 3.05) is 5.75 Å². The van der Waals surface area contributed by atoms with E-state index in [4.69, 9.17) is 5.73 Å². The average molecular weight is 227 g/mol. The molecule has 1 aliphatic carbocycles. The topological polar surface area (TPSA) is 26.0 Å². The number of halogens is 3. The second-order valence-corrected chi connectivity index (χ2v) is 4.95. The third-order valence-corrected chi connectivity index (χ3v) is 3.49. The van der Waals surface area contributed by atoms with E-state index in [1.54, 1.807) is 0 Å². The van der Waals surface area contributed by atoms with Crippen LogP contribution in [0.1, 0.15) is 32.1 Å². The highest BCUT2D eigenvalue weighted by atomic mass is 32.2. The Bertz CT molecular complexity index is 172. The Morgan fingerprint density at radius 3 is 2.43 bits per heavy atom. The second-order valence-electron chi connectivity index (χ2n) is 3.79. The van der Waals surface area contributed by atoms with Crippen molar-refractivity contribution < 1.29 is 13.2 Å². The molecule has 1 rings (SSSR count). The summed E-state index contributed by atoms with van der Waals surface area (Å²) >= 11 is 0.0737. The monoisotopic (exact) mass is 227 g/mol. The van der Waals surface area contributed by atoms with E-state index in [1.807, 2.05) is 0 Å². The van der Waals surface area contributed by atoms with E-state index in [1.165, 1.54) is 0 Å². The van der Waals surface area contributed by atoms with E-state index in [-0.39, 0.29) is 23.6 Å². The van der Waals surface area contributed by atoms with Crippen LogP contribution in [0.5, 0.6) is 0 Å². The zero-order valence-electron chi connectivity index (χ0n) is 8.02. The lowest BCUT2D eigenvalue weighted by molar-refractivity contribution is -0.0328. The van der Waals surface area contributed by atoms with Crippen LogP contribution in [-0.4, -0.2) is 17.3 Å². The Morgan fingerprint density at radius 2 is 1.86 bits per heavy atom. The maximum atomic E-state index is 11.8. The molecule has 0 radical (unpaired) electrons. The summed E-state index contributed by atoms with van der Waals surface area (Å²) in [5.74, 6) is 0.459. The van der Waals surface area contributed by atoms with Gasteiger partial charge < -0.3 is 5.73 Å². The van der Waals surface area contributed by atoms with Gasteiger partial charge in [-0.3, -0.25) is 0 Å². The molecule has 0 bridgehead atoms. The van der Waals surface area contributed by atoms with Crippen molar-refractivity contribution >= 4 is 11.8 Å². The largest absolute Gasteiger partial charge is 0.441 e. The first kappa shape index (κ1) is 12.2. The molecule has 2 unspecified atom stereocenters. The Hall–Kier alpha value is 0.100. The van der Waals surface area contributed by atoms with Crippen LogP contribution >= 0.6 is 11.8 Å². The number of thioether (sulfide) groups is 1. The summed E-state index contributed by atoms with van der Waals surface area (Å²) in [6.45, 7) is 0. The highest BCUT2D eigenvalue weighted by Gasteiger charge is 2.29. The highest BCUT2D eigenvalue weighted by molar-refractivity contribution is 8.00. The Morgan fingerprint density at radius 1 is 1.21 bits per heavy atom. The molecule has 1 nitrogen and oxygen atoms in total. The number of hydrogen-bond donors (Lipinski definition) is 1. The summed E-state index contributed by atoms with van der Waals surface area (Å²) in [6.07, 6.45) is 4.82. The Labute approximate surface area is 86.6 Å². The fraction of sp³-hybridized carbons (Fsp3) is 1.00. The van der Waals surface area contributed by atoms with Gasteiger partial charge in [-0.1, -0.05) is 24.6 Å². The van der Waals surface area contributed by atoms with Gasteiger partial charge in [-0.15, -0.1) is 0 Å². The first-order valence-electron chi connectivity index (χ1n) is 4.95. The van der Waals surface area contributed by atoms with Crippen LogP contribution in [0.15, 0.2) is 0 Å². The molecule has 1 aliphatic rings. The van der Waals surface area contributed by atoms with Gasteiger partial charge in [-0.2, -0.15) is 13.2 Å². The summed E-state index contributed by atoms with van der Waals surface area (Å²) in [5, 5.41) is 0. The molecule has 0 heterocycles. The van der Waals surface area contributed by atoms with E-state index in [0.717, 1.165) is 25.7 Å². The molecule has 0 aromatic heterocycles. The number of nitrogens with two attached hydrogens (primary N) is 1. The smallest absolute Gasteiger partial charge is 0.327 e. The van der Waals surface area contributed by atoms with Gasteiger partial charge in [0, 0.05) is 11.8 Å². The normalized spacial score (nSPS) is 29.1. The molecule has 0 aromatic rings. The number of alkyl halides is 3. The molecule has 0 aliphatic heterocycles. The van der Waals surface area contributed by atoms with Gasteiger partial charge in [0.15, 0.2) is 0 Å². The molecule has 1 fully saturated rings. The lowest BCUT2D eigenvalue weighted by Gasteiger charge is -2.28. The molecule has 2 atom stereocenters. The molecule has 2 N–H and O–H groups in total. The van der Waals surface area contributed by atoms with Gasteiger partial charge >= 0.3 is 5.51 Å². The van der Waals surface area contributed by atoms with Crippen LogP contribution in [0.2, 0.25) is 0 Å². The fourth-order valence-electron chi connectivity index (χ4n) is 1.92. The fourth-order valence-corrected chi connectivity index (χ4v) is 2.57. The van der Waals surface area contributed by atoms with E-state index in [9.17, 15) is 13.2 Å². The van der Waals surface area contributed by atoms with E-state index >= 15 is 0 Å². The van der Waals surface area contributed by atoms with Gasteiger partial charge in [0.2, 0.25) is 0 Å². The standard InChI is InChI=1S/C9H16F3NS/c10-9(11,12)14-6-5-7-3-1-2-4-8(7)13/h7-8H,1-6,13H2. The molecule has 0 spiro atoms. The van der Waals surface area contributed by atoms with Crippen molar-refractivity contribution in [3.05, 3.63) is 0 Å². The summed E-state index contributed by atoms with van der Waals surface area (Å²) in [5.41, 5.74) is 1.75.